The number of halogens is 2. The van der Waals surface area contributed by atoms with Crippen molar-refractivity contribution < 1.29 is 4.79 Å². The Balaban J connectivity index is 3.38. The second-order valence-corrected chi connectivity index (χ2v) is 3.93. The maximum atomic E-state index is 10.9. The molecule has 0 heterocycles. The predicted octanol–water partition coefficient (Wildman–Crippen LogP) is 2.09. The zero-order valence-corrected chi connectivity index (χ0v) is 8.24. The van der Waals surface area contributed by atoms with E-state index in [1.807, 2.05) is 13.8 Å². The van der Waals surface area contributed by atoms with E-state index in [0.29, 0.717) is 12.8 Å². The number of carbonyl (C=O) groups is 1. The van der Waals surface area contributed by atoms with Crippen LogP contribution in [0.3, 0.4) is 0 Å². The molecule has 0 radical (unpaired) electrons. The summed E-state index contributed by atoms with van der Waals surface area (Å²) in [6.07, 6.45) is 0.914. The number of hydrogen-bond acceptors (Lipinski definition) is 1. The topological polar surface area (TPSA) is 29.1 Å². The molecule has 2 nitrogen and oxygen atoms in total. The number of alkyl halides is 2. The Morgan fingerprint density at radius 3 is 2.36 bits per heavy atom. The van der Waals surface area contributed by atoms with Crippen LogP contribution in [0.1, 0.15) is 26.7 Å². The van der Waals surface area contributed by atoms with Crippen molar-refractivity contribution in [3.63, 3.8) is 0 Å². The van der Waals surface area contributed by atoms with Crippen molar-refractivity contribution >= 4 is 29.1 Å². The van der Waals surface area contributed by atoms with Gasteiger partial charge in [0, 0.05) is 12.5 Å². The Bertz CT molecular complexity index is 126. The number of amides is 1. The molecule has 0 aromatic heterocycles. The summed E-state index contributed by atoms with van der Waals surface area (Å²) in [5.41, 5.74) is 0. The van der Waals surface area contributed by atoms with Crippen LogP contribution in [0.5, 0.6) is 0 Å². The Labute approximate surface area is 77.2 Å². The lowest BCUT2D eigenvalue weighted by Crippen LogP contribution is -2.30. The molecule has 0 saturated carbocycles. The Hall–Kier alpha value is 0.0500. The van der Waals surface area contributed by atoms with Gasteiger partial charge in [-0.3, -0.25) is 4.79 Å². The molecule has 0 aliphatic heterocycles. The summed E-state index contributed by atoms with van der Waals surface area (Å²) in [5, 5.41) is 2.74. The fourth-order valence-electron chi connectivity index (χ4n) is 0.634. The molecule has 0 spiro atoms. The molecule has 1 amide bonds. The molecular weight excluding hydrogens is 185 g/mol. The summed E-state index contributed by atoms with van der Waals surface area (Å²) < 4.78 is 0. The molecular formula is C7H13Cl2NO. The SMILES string of the molecule is CC(C)NC(=O)CCC(Cl)Cl. The van der Waals surface area contributed by atoms with E-state index in [-0.39, 0.29) is 11.9 Å². The predicted molar refractivity (Wildman–Crippen MR) is 48.0 cm³/mol. The molecule has 0 unspecified atom stereocenters. The first-order valence-electron chi connectivity index (χ1n) is 3.60. The highest BCUT2D eigenvalue weighted by Gasteiger charge is 2.05. The van der Waals surface area contributed by atoms with Crippen molar-refractivity contribution in [1.82, 2.24) is 5.32 Å². The second-order valence-electron chi connectivity index (χ2n) is 2.65. The highest BCUT2D eigenvalue weighted by Crippen LogP contribution is 2.08. The highest BCUT2D eigenvalue weighted by molar-refractivity contribution is 6.44. The third-order valence-corrected chi connectivity index (χ3v) is 1.48. The Kier molecular flexibility index (Phi) is 5.69. The number of carbonyl (C=O) groups excluding carboxylic acids is 1. The van der Waals surface area contributed by atoms with Gasteiger partial charge in [0.2, 0.25) is 5.91 Å². The van der Waals surface area contributed by atoms with Crippen molar-refractivity contribution in [3.8, 4) is 0 Å². The van der Waals surface area contributed by atoms with Gasteiger partial charge in [0.05, 0.1) is 0 Å². The maximum absolute atomic E-state index is 10.9. The summed E-state index contributed by atoms with van der Waals surface area (Å²) in [5.74, 6) is 0.00583. The van der Waals surface area contributed by atoms with Crippen LogP contribution in [0.4, 0.5) is 0 Å². The van der Waals surface area contributed by atoms with Gasteiger partial charge in [0.15, 0.2) is 0 Å². The molecule has 0 aromatic rings. The van der Waals surface area contributed by atoms with Crippen molar-refractivity contribution in [1.29, 1.82) is 0 Å². The molecule has 0 aliphatic rings. The lowest BCUT2D eigenvalue weighted by molar-refractivity contribution is -0.121. The van der Waals surface area contributed by atoms with E-state index in [9.17, 15) is 4.79 Å². The van der Waals surface area contributed by atoms with Gasteiger partial charge in [-0.1, -0.05) is 0 Å². The molecule has 4 heteroatoms. The lowest BCUT2D eigenvalue weighted by Gasteiger charge is -2.07. The average molecular weight is 198 g/mol. The van der Waals surface area contributed by atoms with E-state index >= 15 is 0 Å². The summed E-state index contributed by atoms with van der Waals surface area (Å²) in [7, 11) is 0. The van der Waals surface area contributed by atoms with Crippen LogP contribution in [-0.4, -0.2) is 16.8 Å². The van der Waals surface area contributed by atoms with Gasteiger partial charge in [-0.05, 0) is 20.3 Å². The van der Waals surface area contributed by atoms with Crippen LogP contribution in [0.2, 0.25) is 0 Å². The quantitative estimate of drug-likeness (QED) is 0.688. The first-order chi connectivity index (χ1) is 5.02. The van der Waals surface area contributed by atoms with Gasteiger partial charge in [0.1, 0.15) is 4.84 Å². The maximum Gasteiger partial charge on any atom is 0.220 e. The Morgan fingerprint density at radius 1 is 1.45 bits per heavy atom. The summed E-state index contributed by atoms with van der Waals surface area (Å²) >= 11 is 10.9. The van der Waals surface area contributed by atoms with Crippen LogP contribution in [0.15, 0.2) is 0 Å². The summed E-state index contributed by atoms with van der Waals surface area (Å²) in [4.78, 5) is 10.5. The van der Waals surface area contributed by atoms with E-state index in [1.165, 1.54) is 0 Å². The van der Waals surface area contributed by atoms with E-state index in [2.05, 4.69) is 5.32 Å². The summed E-state index contributed by atoms with van der Waals surface area (Å²) in [6.45, 7) is 3.83. The minimum atomic E-state index is -0.437. The standard InChI is InChI=1S/C7H13Cl2NO/c1-5(2)10-7(11)4-3-6(8)9/h5-6H,3-4H2,1-2H3,(H,10,11). The van der Waals surface area contributed by atoms with E-state index in [4.69, 9.17) is 23.2 Å². The van der Waals surface area contributed by atoms with Gasteiger partial charge in [-0.15, -0.1) is 23.2 Å². The number of hydrogen-bond donors (Lipinski definition) is 1. The van der Waals surface area contributed by atoms with Crippen molar-refractivity contribution in [2.45, 2.75) is 37.6 Å². The zero-order valence-electron chi connectivity index (χ0n) is 6.73. The summed E-state index contributed by atoms with van der Waals surface area (Å²) in [6, 6.07) is 0.187. The molecule has 11 heavy (non-hydrogen) atoms. The molecule has 0 aromatic carbocycles. The zero-order chi connectivity index (χ0) is 8.85. The third kappa shape index (κ3) is 7.95. The monoisotopic (exact) mass is 197 g/mol. The molecule has 0 atom stereocenters. The van der Waals surface area contributed by atoms with Gasteiger partial charge in [-0.2, -0.15) is 0 Å². The van der Waals surface area contributed by atoms with E-state index in [1.54, 1.807) is 0 Å². The average Bonchev–Trinajstić information content (AvgIpc) is 1.82. The van der Waals surface area contributed by atoms with Crippen LogP contribution in [-0.2, 0) is 4.79 Å². The van der Waals surface area contributed by atoms with Crippen molar-refractivity contribution in [2.75, 3.05) is 0 Å². The van der Waals surface area contributed by atoms with Gasteiger partial charge in [0.25, 0.3) is 0 Å². The molecule has 0 rings (SSSR count). The van der Waals surface area contributed by atoms with Crippen LogP contribution in [0, 0.1) is 0 Å². The molecule has 66 valence electrons. The van der Waals surface area contributed by atoms with Crippen molar-refractivity contribution in [3.05, 3.63) is 0 Å². The highest BCUT2D eigenvalue weighted by atomic mass is 35.5. The lowest BCUT2D eigenvalue weighted by atomic mass is 10.3. The molecule has 0 saturated heterocycles. The van der Waals surface area contributed by atoms with E-state index in [0.717, 1.165) is 0 Å². The van der Waals surface area contributed by atoms with Crippen LogP contribution < -0.4 is 5.32 Å². The number of nitrogens with one attached hydrogen (secondary N) is 1. The van der Waals surface area contributed by atoms with Gasteiger partial charge < -0.3 is 5.32 Å². The second kappa shape index (κ2) is 5.67. The minimum absolute atomic E-state index is 0.00583. The fraction of sp³-hybridized carbons (Fsp3) is 0.857. The van der Waals surface area contributed by atoms with E-state index < -0.39 is 4.84 Å². The minimum Gasteiger partial charge on any atom is -0.354 e. The van der Waals surface area contributed by atoms with Gasteiger partial charge in [-0.25, -0.2) is 0 Å². The normalized spacial score (nSPS) is 10.7. The van der Waals surface area contributed by atoms with Gasteiger partial charge >= 0.3 is 0 Å². The van der Waals surface area contributed by atoms with Crippen LogP contribution in [0.25, 0.3) is 0 Å². The molecule has 0 bridgehead atoms. The smallest absolute Gasteiger partial charge is 0.220 e. The first kappa shape index (κ1) is 11.1. The fourth-order valence-corrected chi connectivity index (χ4v) is 0.853. The number of rotatable bonds is 4. The first-order valence-corrected chi connectivity index (χ1v) is 4.47. The van der Waals surface area contributed by atoms with Crippen molar-refractivity contribution in [2.24, 2.45) is 0 Å². The molecule has 0 fully saturated rings. The largest absolute Gasteiger partial charge is 0.354 e. The Morgan fingerprint density at radius 2 is 2.00 bits per heavy atom. The molecule has 1 N–H and O–H groups in total. The third-order valence-electron chi connectivity index (χ3n) is 1.04. The van der Waals surface area contributed by atoms with Crippen LogP contribution >= 0.6 is 23.2 Å². The molecule has 0 aliphatic carbocycles.